The molecule has 8 nitrogen and oxygen atoms in total. The highest BCUT2D eigenvalue weighted by Gasteiger charge is 2.34. The summed E-state index contributed by atoms with van der Waals surface area (Å²) < 4.78 is 33.9. The Hall–Kier alpha value is -3.22. The molecule has 1 atom stereocenters. The molecular formula is C18H17N3O5S. The number of rotatable bonds is 8. The van der Waals surface area contributed by atoms with Gasteiger partial charge in [0.2, 0.25) is 15.9 Å². The first-order chi connectivity index (χ1) is 13.3. The van der Waals surface area contributed by atoms with E-state index in [1.807, 2.05) is 6.40 Å². The third-order valence-corrected chi connectivity index (χ3v) is 5.71. The summed E-state index contributed by atoms with van der Waals surface area (Å²) in [5.74, 6) is 1.45. The number of carbonyl (C=O) groups is 1. The van der Waals surface area contributed by atoms with E-state index in [4.69, 9.17) is 7.10 Å². The van der Waals surface area contributed by atoms with E-state index in [9.17, 15) is 23.3 Å². The van der Waals surface area contributed by atoms with Crippen molar-refractivity contribution in [3.63, 3.8) is 0 Å². The van der Waals surface area contributed by atoms with Crippen molar-refractivity contribution in [3.05, 3.63) is 70.3 Å². The summed E-state index contributed by atoms with van der Waals surface area (Å²) in [4.78, 5) is 21.9. The molecule has 0 aliphatic heterocycles. The fourth-order valence-electron chi connectivity index (χ4n) is 2.50. The molecule has 0 heterocycles. The average Bonchev–Trinajstić information content (AvgIpc) is 2.68. The largest absolute Gasteiger partial charge is 0.368 e. The Morgan fingerprint density at radius 3 is 2.41 bits per heavy atom. The molecule has 2 aromatic rings. The average molecular weight is 388 g/mol. The van der Waals surface area contributed by atoms with Gasteiger partial charge in [0, 0.05) is 12.1 Å². The quantitative estimate of drug-likeness (QED) is 0.415. The monoisotopic (exact) mass is 388 g/mol. The lowest BCUT2D eigenvalue weighted by atomic mass is 10.1. The van der Waals surface area contributed by atoms with Crippen LogP contribution in [0.15, 0.2) is 59.5 Å². The molecule has 2 N–H and O–H groups in total. The number of benzene rings is 2. The van der Waals surface area contributed by atoms with Gasteiger partial charge in [-0.15, -0.1) is 6.40 Å². The van der Waals surface area contributed by atoms with E-state index in [1.54, 1.807) is 30.3 Å². The Morgan fingerprint density at radius 2 is 1.89 bits per heavy atom. The number of nitro groups is 1. The minimum absolute atomic E-state index is 0.0159. The van der Waals surface area contributed by atoms with Gasteiger partial charge >= 0.3 is 0 Å². The molecule has 0 aliphatic rings. The second-order valence-corrected chi connectivity index (χ2v) is 7.48. The van der Waals surface area contributed by atoms with Crippen molar-refractivity contribution in [2.75, 3.05) is 6.54 Å². The van der Waals surface area contributed by atoms with Crippen LogP contribution in [0.3, 0.4) is 0 Å². The van der Waals surface area contributed by atoms with Crippen LogP contribution in [0.5, 0.6) is 0 Å². The first-order valence-electron chi connectivity index (χ1n) is 8.26. The second kappa shape index (κ2) is 8.44. The van der Waals surface area contributed by atoms with Crippen molar-refractivity contribution in [3.8, 4) is 12.3 Å². The van der Waals surface area contributed by atoms with Gasteiger partial charge in [0.25, 0.3) is 5.69 Å². The van der Waals surface area contributed by atoms with E-state index < -0.39 is 33.4 Å². The number of hydrogen-bond acceptors (Lipinski definition) is 5. The van der Waals surface area contributed by atoms with E-state index in [0.29, 0.717) is 5.56 Å². The second-order valence-electron chi connectivity index (χ2n) is 5.59. The third-order valence-electron chi connectivity index (χ3n) is 3.84. The van der Waals surface area contributed by atoms with E-state index in [2.05, 4.69) is 5.92 Å². The summed E-state index contributed by atoms with van der Waals surface area (Å²) >= 11 is 0. The van der Waals surface area contributed by atoms with E-state index >= 15 is 0 Å². The molecule has 2 aromatic carbocycles. The summed E-state index contributed by atoms with van der Waals surface area (Å²) in [5, 5.41) is 10.8. The molecule has 0 saturated heterocycles. The zero-order valence-corrected chi connectivity index (χ0v) is 14.9. The third kappa shape index (κ3) is 4.69. The Labute approximate surface area is 158 Å². The Morgan fingerprint density at radius 1 is 1.26 bits per heavy atom. The molecule has 0 fully saturated rings. The van der Waals surface area contributed by atoms with Crippen LogP contribution in [0.2, 0.25) is 0 Å². The lowest BCUT2D eigenvalue weighted by Gasteiger charge is -2.27. The van der Waals surface area contributed by atoms with Gasteiger partial charge in [-0.1, -0.05) is 36.3 Å². The highest BCUT2D eigenvalue weighted by molar-refractivity contribution is 7.89. The SMILES string of the molecule is [2H]C#CCN([C@@H](Cc1ccccc1)C(N)=O)S(=O)(=O)c1ccc([N+](=O)[O-])cc1. The van der Waals surface area contributed by atoms with Gasteiger partial charge in [0.15, 0.2) is 0 Å². The molecule has 0 saturated carbocycles. The molecule has 0 radical (unpaired) electrons. The van der Waals surface area contributed by atoms with Crippen LogP contribution in [0.25, 0.3) is 0 Å². The standard InChI is InChI=1S/C18H17N3O5S/c1-2-12-20(17(18(19)22)13-14-6-4-3-5-7-14)27(25,26)16-10-8-15(9-11-16)21(23)24/h1,3-11,17H,12-13H2,(H2,19,22)/t17-/m0/s1/i1D. The number of hydrogen-bond donors (Lipinski definition) is 1. The number of non-ortho nitro benzene ring substituents is 1. The maximum Gasteiger partial charge on any atom is 0.269 e. The number of nitrogens with zero attached hydrogens (tertiary/aromatic N) is 2. The maximum absolute atomic E-state index is 13.1. The molecular weight excluding hydrogens is 370 g/mol. The predicted molar refractivity (Wildman–Crippen MR) is 98.9 cm³/mol. The number of carbonyl (C=O) groups excluding carboxylic acids is 1. The molecule has 0 spiro atoms. The van der Waals surface area contributed by atoms with Gasteiger partial charge in [0.1, 0.15) is 7.41 Å². The summed E-state index contributed by atoms with van der Waals surface area (Å²) in [6, 6.07) is 11.7. The van der Waals surface area contributed by atoms with E-state index in [-0.39, 0.29) is 17.0 Å². The molecule has 2 rings (SSSR count). The Kier molecular flexibility index (Phi) is 5.80. The molecule has 9 heteroatoms. The van der Waals surface area contributed by atoms with Crippen LogP contribution < -0.4 is 5.73 Å². The first-order valence-corrected chi connectivity index (χ1v) is 9.20. The van der Waals surface area contributed by atoms with Gasteiger partial charge in [-0.25, -0.2) is 8.42 Å². The van der Waals surface area contributed by atoms with Gasteiger partial charge in [0.05, 0.1) is 16.4 Å². The molecule has 0 aromatic heterocycles. The minimum Gasteiger partial charge on any atom is -0.368 e. The topological polar surface area (TPSA) is 124 Å². The molecule has 27 heavy (non-hydrogen) atoms. The fourth-order valence-corrected chi connectivity index (χ4v) is 4.00. The number of nitro benzene ring substituents is 1. The highest BCUT2D eigenvalue weighted by Crippen LogP contribution is 2.22. The summed E-state index contributed by atoms with van der Waals surface area (Å²) in [5.41, 5.74) is 5.88. The maximum atomic E-state index is 13.1. The number of terminal acetylenes is 1. The lowest BCUT2D eigenvalue weighted by molar-refractivity contribution is -0.384. The van der Waals surface area contributed by atoms with Crippen LogP contribution in [-0.2, 0) is 21.2 Å². The first kappa shape index (κ1) is 18.6. The number of sulfonamides is 1. The highest BCUT2D eigenvalue weighted by atomic mass is 32.2. The Bertz CT molecular complexity index is 1010. The van der Waals surface area contributed by atoms with Crippen molar-refractivity contribution in [1.29, 1.82) is 0 Å². The predicted octanol–water partition coefficient (Wildman–Crippen LogP) is 1.32. The van der Waals surface area contributed by atoms with Gasteiger partial charge in [-0.2, -0.15) is 4.31 Å². The number of amides is 1. The zero-order chi connectivity index (χ0) is 20.7. The summed E-state index contributed by atoms with van der Waals surface area (Å²) in [6.07, 6.45) is 1.87. The fraction of sp³-hybridized carbons (Fsp3) is 0.167. The summed E-state index contributed by atoms with van der Waals surface area (Å²) in [6.45, 7) is -0.427. The Balaban J connectivity index is 2.47. The molecule has 0 aliphatic carbocycles. The minimum atomic E-state index is -4.26. The van der Waals surface area contributed by atoms with Crippen LogP contribution in [0.1, 0.15) is 6.93 Å². The van der Waals surface area contributed by atoms with Crippen LogP contribution >= 0.6 is 0 Å². The molecule has 0 bridgehead atoms. The van der Waals surface area contributed by atoms with Gasteiger partial charge in [-0.05, 0) is 24.1 Å². The molecule has 0 unspecified atom stereocenters. The van der Waals surface area contributed by atoms with Gasteiger partial charge < -0.3 is 5.73 Å². The van der Waals surface area contributed by atoms with Crippen LogP contribution in [0, 0.1) is 22.4 Å². The van der Waals surface area contributed by atoms with E-state index in [1.165, 1.54) is 0 Å². The van der Waals surface area contributed by atoms with Crippen molar-refractivity contribution < 1.29 is 19.5 Å². The zero-order valence-electron chi connectivity index (χ0n) is 15.1. The van der Waals surface area contributed by atoms with Crippen LogP contribution in [-0.4, -0.2) is 36.1 Å². The smallest absolute Gasteiger partial charge is 0.269 e. The van der Waals surface area contributed by atoms with Crippen molar-refractivity contribution >= 4 is 21.6 Å². The van der Waals surface area contributed by atoms with Crippen LogP contribution in [0.4, 0.5) is 5.69 Å². The molecule has 140 valence electrons. The molecule has 1 amide bonds. The van der Waals surface area contributed by atoms with Crippen molar-refractivity contribution in [1.82, 2.24) is 4.31 Å². The summed E-state index contributed by atoms with van der Waals surface area (Å²) in [7, 11) is -4.26. The number of nitrogens with two attached hydrogens (primary N) is 1. The van der Waals surface area contributed by atoms with Crippen molar-refractivity contribution in [2.45, 2.75) is 17.4 Å². The van der Waals surface area contributed by atoms with E-state index in [0.717, 1.165) is 28.6 Å². The van der Waals surface area contributed by atoms with Crippen molar-refractivity contribution in [2.24, 2.45) is 5.73 Å². The number of primary amides is 1. The lowest BCUT2D eigenvalue weighted by Crippen LogP contribution is -2.49. The normalized spacial score (nSPS) is 12.6. The van der Waals surface area contributed by atoms with Gasteiger partial charge in [-0.3, -0.25) is 14.9 Å².